The van der Waals surface area contributed by atoms with Crippen molar-refractivity contribution in [3.05, 3.63) is 41.1 Å². The van der Waals surface area contributed by atoms with Crippen LogP contribution >= 0.6 is 0 Å². The van der Waals surface area contributed by atoms with Crippen molar-refractivity contribution in [1.29, 1.82) is 0 Å². The molecule has 1 aromatic carbocycles. The van der Waals surface area contributed by atoms with Crippen LogP contribution in [0, 0.1) is 6.92 Å². The fraction of sp³-hybridized carbons (Fsp3) is 0.444. The SMILES string of the molecule is CNc1nc(C)cc(NC2CCCc3ccc(OC)cc3C2)n1. The molecule has 0 saturated carbocycles. The molecule has 1 heterocycles. The summed E-state index contributed by atoms with van der Waals surface area (Å²) in [6.07, 6.45) is 4.43. The molecule has 3 rings (SSSR count). The van der Waals surface area contributed by atoms with Crippen LogP contribution < -0.4 is 15.4 Å². The van der Waals surface area contributed by atoms with Gasteiger partial charge in [-0.25, -0.2) is 4.98 Å². The summed E-state index contributed by atoms with van der Waals surface area (Å²) in [5.41, 5.74) is 3.77. The number of rotatable bonds is 4. The molecule has 5 nitrogen and oxygen atoms in total. The first-order valence-corrected chi connectivity index (χ1v) is 8.13. The zero-order chi connectivity index (χ0) is 16.2. The van der Waals surface area contributed by atoms with Crippen LogP contribution in [0.25, 0.3) is 0 Å². The first kappa shape index (κ1) is 15.6. The van der Waals surface area contributed by atoms with Gasteiger partial charge in [0.25, 0.3) is 0 Å². The summed E-state index contributed by atoms with van der Waals surface area (Å²) in [6.45, 7) is 1.99. The Kier molecular flexibility index (Phi) is 4.65. The molecule has 1 aromatic heterocycles. The topological polar surface area (TPSA) is 59.1 Å². The zero-order valence-electron chi connectivity index (χ0n) is 14.0. The first-order valence-electron chi connectivity index (χ1n) is 8.13. The fourth-order valence-electron chi connectivity index (χ4n) is 3.16. The van der Waals surface area contributed by atoms with Crippen LogP contribution in [-0.2, 0) is 12.8 Å². The van der Waals surface area contributed by atoms with Crippen molar-refractivity contribution in [2.75, 3.05) is 24.8 Å². The van der Waals surface area contributed by atoms with Gasteiger partial charge in [0.05, 0.1) is 7.11 Å². The molecule has 0 spiro atoms. The second-order valence-corrected chi connectivity index (χ2v) is 6.04. The smallest absolute Gasteiger partial charge is 0.224 e. The van der Waals surface area contributed by atoms with Crippen molar-refractivity contribution in [2.45, 2.75) is 38.6 Å². The Morgan fingerprint density at radius 3 is 2.83 bits per heavy atom. The fourth-order valence-corrected chi connectivity index (χ4v) is 3.16. The molecule has 122 valence electrons. The maximum Gasteiger partial charge on any atom is 0.224 e. The molecule has 0 saturated heterocycles. The Balaban J connectivity index is 1.79. The number of ether oxygens (including phenoxy) is 1. The summed E-state index contributed by atoms with van der Waals surface area (Å²) in [6, 6.07) is 8.80. The molecule has 0 fully saturated rings. The Morgan fingerprint density at radius 1 is 1.17 bits per heavy atom. The average molecular weight is 312 g/mol. The zero-order valence-corrected chi connectivity index (χ0v) is 14.0. The molecule has 1 atom stereocenters. The Morgan fingerprint density at radius 2 is 2.04 bits per heavy atom. The van der Waals surface area contributed by atoms with Crippen molar-refractivity contribution < 1.29 is 4.74 Å². The highest BCUT2D eigenvalue weighted by molar-refractivity contribution is 5.44. The van der Waals surface area contributed by atoms with E-state index >= 15 is 0 Å². The molecule has 0 bridgehead atoms. The minimum absolute atomic E-state index is 0.377. The normalized spacial score (nSPS) is 17.1. The summed E-state index contributed by atoms with van der Waals surface area (Å²) < 4.78 is 5.37. The summed E-state index contributed by atoms with van der Waals surface area (Å²) >= 11 is 0. The van der Waals surface area contributed by atoms with E-state index < -0.39 is 0 Å². The van der Waals surface area contributed by atoms with Crippen LogP contribution in [0.2, 0.25) is 0 Å². The second-order valence-electron chi connectivity index (χ2n) is 6.04. The third kappa shape index (κ3) is 3.73. The molecule has 0 amide bonds. The summed E-state index contributed by atoms with van der Waals surface area (Å²) in [4.78, 5) is 8.85. The highest BCUT2D eigenvalue weighted by atomic mass is 16.5. The van der Waals surface area contributed by atoms with Gasteiger partial charge in [-0.1, -0.05) is 6.07 Å². The lowest BCUT2D eigenvalue weighted by molar-refractivity contribution is 0.414. The van der Waals surface area contributed by atoms with E-state index in [2.05, 4.69) is 38.8 Å². The molecule has 5 heteroatoms. The summed E-state index contributed by atoms with van der Waals surface area (Å²) in [5, 5.41) is 6.59. The van der Waals surface area contributed by atoms with Crippen molar-refractivity contribution >= 4 is 11.8 Å². The Hall–Kier alpha value is -2.30. The van der Waals surface area contributed by atoms with Crippen LogP contribution in [0.4, 0.5) is 11.8 Å². The van der Waals surface area contributed by atoms with Crippen LogP contribution in [0.5, 0.6) is 5.75 Å². The number of fused-ring (bicyclic) bond motifs is 1. The van der Waals surface area contributed by atoms with Gasteiger partial charge in [0.15, 0.2) is 0 Å². The van der Waals surface area contributed by atoms with E-state index in [1.807, 2.05) is 20.0 Å². The van der Waals surface area contributed by atoms with Crippen LogP contribution in [-0.4, -0.2) is 30.2 Å². The monoisotopic (exact) mass is 312 g/mol. The van der Waals surface area contributed by atoms with Crippen molar-refractivity contribution in [3.63, 3.8) is 0 Å². The summed E-state index contributed by atoms with van der Waals surface area (Å²) in [5.74, 6) is 2.47. The minimum Gasteiger partial charge on any atom is -0.497 e. The van der Waals surface area contributed by atoms with Crippen molar-refractivity contribution in [3.8, 4) is 5.75 Å². The molecule has 1 aliphatic carbocycles. The van der Waals surface area contributed by atoms with E-state index in [0.717, 1.165) is 36.5 Å². The number of hydrogen-bond acceptors (Lipinski definition) is 5. The van der Waals surface area contributed by atoms with Crippen LogP contribution in [0.3, 0.4) is 0 Å². The molecule has 0 radical (unpaired) electrons. The maximum absolute atomic E-state index is 5.37. The van der Waals surface area contributed by atoms with Gasteiger partial charge in [-0.05, 0) is 55.9 Å². The molecule has 2 aromatic rings. The lowest BCUT2D eigenvalue weighted by atomic mass is 10.0. The van der Waals surface area contributed by atoms with Gasteiger partial charge >= 0.3 is 0 Å². The number of benzene rings is 1. The standard InChI is InChI=1S/C18H24N4O/c1-12-9-17(22-18(19-2)20-12)21-15-6-4-5-13-7-8-16(23-3)11-14(13)10-15/h7-9,11,15H,4-6,10H2,1-3H3,(H2,19,20,21,22). The molecular formula is C18H24N4O. The first-order chi connectivity index (χ1) is 11.2. The van der Waals surface area contributed by atoms with Crippen molar-refractivity contribution in [1.82, 2.24) is 9.97 Å². The second kappa shape index (κ2) is 6.86. The van der Waals surface area contributed by atoms with E-state index in [-0.39, 0.29) is 0 Å². The quantitative estimate of drug-likeness (QED) is 0.849. The molecule has 1 unspecified atom stereocenters. The largest absolute Gasteiger partial charge is 0.497 e. The number of nitrogens with one attached hydrogen (secondary N) is 2. The minimum atomic E-state index is 0.377. The van der Waals surface area contributed by atoms with Crippen molar-refractivity contribution in [2.24, 2.45) is 0 Å². The average Bonchev–Trinajstić information content (AvgIpc) is 2.74. The highest BCUT2D eigenvalue weighted by Gasteiger charge is 2.18. The van der Waals surface area contributed by atoms with Gasteiger partial charge in [-0.15, -0.1) is 0 Å². The number of aromatic nitrogens is 2. The van der Waals surface area contributed by atoms with Crippen LogP contribution in [0.1, 0.15) is 29.7 Å². The van der Waals surface area contributed by atoms with Gasteiger partial charge in [0, 0.05) is 24.8 Å². The Labute approximate surface area is 137 Å². The molecule has 0 aliphatic heterocycles. The lowest BCUT2D eigenvalue weighted by Crippen LogP contribution is -2.22. The third-order valence-corrected chi connectivity index (χ3v) is 4.31. The predicted molar refractivity (Wildman–Crippen MR) is 93.4 cm³/mol. The van der Waals surface area contributed by atoms with E-state index in [0.29, 0.717) is 12.0 Å². The molecule has 23 heavy (non-hydrogen) atoms. The number of methoxy groups -OCH3 is 1. The van der Waals surface area contributed by atoms with E-state index in [1.54, 1.807) is 7.11 Å². The molecule has 2 N–H and O–H groups in total. The van der Waals surface area contributed by atoms with Gasteiger partial charge in [0.2, 0.25) is 5.95 Å². The Bertz CT molecular complexity index is 687. The highest BCUT2D eigenvalue weighted by Crippen LogP contribution is 2.26. The third-order valence-electron chi connectivity index (χ3n) is 4.31. The van der Waals surface area contributed by atoms with Crippen LogP contribution in [0.15, 0.2) is 24.3 Å². The van der Waals surface area contributed by atoms with Gasteiger partial charge < -0.3 is 15.4 Å². The van der Waals surface area contributed by atoms with E-state index in [9.17, 15) is 0 Å². The number of nitrogens with zero attached hydrogens (tertiary/aromatic N) is 2. The molecular weight excluding hydrogens is 288 g/mol. The number of hydrogen-bond donors (Lipinski definition) is 2. The number of anilines is 2. The van der Waals surface area contributed by atoms with Gasteiger partial charge in [-0.3, -0.25) is 0 Å². The maximum atomic E-state index is 5.37. The lowest BCUT2D eigenvalue weighted by Gasteiger charge is -2.18. The number of aryl methyl sites for hydroxylation is 2. The summed E-state index contributed by atoms with van der Waals surface area (Å²) in [7, 11) is 3.56. The van der Waals surface area contributed by atoms with Gasteiger partial charge in [-0.2, -0.15) is 4.98 Å². The predicted octanol–water partition coefficient (Wildman–Crippen LogP) is 3.19. The van der Waals surface area contributed by atoms with Gasteiger partial charge in [0.1, 0.15) is 11.6 Å². The van der Waals surface area contributed by atoms with E-state index in [4.69, 9.17) is 4.74 Å². The van der Waals surface area contributed by atoms with E-state index in [1.165, 1.54) is 17.5 Å². The molecule has 1 aliphatic rings.